The van der Waals surface area contributed by atoms with Crippen molar-refractivity contribution in [1.29, 1.82) is 0 Å². The quantitative estimate of drug-likeness (QED) is 0.0515. The van der Waals surface area contributed by atoms with Crippen LogP contribution in [0.15, 0.2) is 0 Å². The van der Waals surface area contributed by atoms with E-state index >= 15 is 0 Å². The van der Waals surface area contributed by atoms with Gasteiger partial charge in [-0.2, -0.15) is 0 Å². The van der Waals surface area contributed by atoms with Crippen molar-refractivity contribution in [3.8, 4) is 0 Å². The Morgan fingerprint density at radius 3 is 1.06 bits per heavy atom. The summed E-state index contributed by atoms with van der Waals surface area (Å²) >= 11 is 0. The summed E-state index contributed by atoms with van der Waals surface area (Å²) in [6.07, 6.45) is 7.04. The third kappa shape index (κ3) is 20.2. The van der Waals surface area contributed by atoms with E-state index in [0.29, 0.717) is 110 Å². The monoisotopic (exact) mass is 1020 g/mol. The van der Waals surface area contributed by atoms with Crippen molar-refractivity contribution >= 4 is 59.1 Å². The van der Waals surface area contributed by atoms with Gasteiger partial charge in [0.15, 0.2) is 0 Å². The van der Waals surface area contributed by atoms with Crippen LogP contribution in [0.2, 0.25) is 0 Å². The topological polar surface area (TPSA) is 404 Å². The molecule has 408 valence electrons. The number of hydrogen-bond acceptors (Lipinski definition) is 15. The fourth-order valence-electron chi connectivity index (χ4n) is 9.07. The average molecular weight is 1020 g/mol. The standard InChI is InChI=1S/C47H85N15O10/c1-30-40(65)59-34(17-5-10-24-51)46(71)61-26-12-19-36(61)44(69)54-29-39(64)57-32(15-3-8-22-49)42(67)58-33(16-4-9-23-50)43(68)60-35(18-6-11-25-52)47(72)62-27-13-20-37(62)45(70)53-28-38(63)56-31(41(66)55-30)14-2-7-21-48/h30-37H,2-29,48-52H2,1H3,(H,53,70)(H,54,69)(H,55,66)(H,56,63)(H,57,64)(H,58,67)(H,59,65)(H,60,68)/t30-,31-,32-,33-,34-,35-,36-,37-/m0/s1. The molecule has 0 bridgehead atoms. The fourth-order valence-corrected chi connectivity index (χ4v) is 9.07. The van der Waals surface area contributed by atoms with E-state index in [0.717, 1.165) is 0 Å². The number of nitrogens with two attached hydrogens (primary N) is 5. The largest absolute Gasteiger partial charge is 0.345 e. The van der Waals surface area contributed by atoms with Crippen molar-refractivity contribution in [2.24, 2.45) is 28.7 Å². The Bertz CT molecular complexity index is 1810. The van der Waals surface area contributed by atoms with Gasteiger partial charge in [-0.15, -0.1) is 0 Å². The van der Waals surface area contributed by atoms with E-state index in [4.69, 9.17) is 28.7 Å². The van der Waals surface area contributed by atoms with Gasteiger partial charge in [0.25, 0.3) is 0 Å². The maximum atomic E-state index is 14.3. The second kappa shape index (κ2) is 33.3. The Balaban J connectivity index is 2.01. The second-order valence-electron chi connectivity index (χ2n) is 18.9. The SMILES string of the molecule is C[C@@H]1NC(=O)[C@H](CCCCN)NC(=O)CNC(=O)[C@@H]2CCCN2C(=O)[C@H](CCCCN)NC(=O)[C@H](CCCCN)NC(=O)[C@H](CCCCN)NC(=O)CNC(=O)[C@@H]2CCCN2C(=O)[C@H](CCCCN)NC1=O. The first-order chi connectivity index (χ1) is 34.6. The molecule has 3 aliphatic rings. The van der Waals surface area contributed by atoms with Crippen molar-refractivity contribution in [3.05, 3.63) is 0 Å². The molecule has 3 heterocycles. The van der Waals surface area contributed by atoms with Crippen molar-refractivity contribution in [2.45, 2.75) is 177 Å². The highest BCUT2D eigenvalue weighted by molar-refractivity contribution is 5.98. The molecular formula is C47H85N15O10. The molecule has 18 N–H and O–H groups in total. The molecule has 3 aliphatic heterocycles. The third-order valence-corrected chi connectivity index (χ3v) is 13.2. The minimum atomic E-state index is -1.19. The minimum absolute atomic E-state index is 0.136. The lowest BCUT2D eigenvalue weighted by Crippen LogP contribution is -2.59. The molecule has 3 fully saturated rings. The third-order valence-electron chi connectivity index (χ3n) is 13.2. The van der Waals surface area contributed by atoms with Crippen LogP contribution in [0.25, 0.3) is 0 Å². The van der Waals surface area contributed by atoms with Gasteiger partial charge in [-0.25, -0.2) is 0 Å². The second-order valence-corrected chi connectivity index (χ2v) is 18.9. The molecule has 0 aliphatic carbocycles. The van der Waals surface area contributed by atoms with Crippen LogP contribution in [0.4, 0.5) is 0 Å². The number of rotatable bonds is 20. The summed E-state index contributed by atoms with van der Waals surface area (Å²) in [6.45, 7) is 2.29. The van der Waals surface area contributed by atoms with Gasteiger partial charge >= 0.3 is 0 Å². The molecule has 0 aromatic heterocycles. The first kappa shape index (κ1) is 60.8. The number of hydrogen-bond donors (Lipinski definition) is 13. The summed E-state index contributed by atoms with van der Waals surface area (Å²) in [5, 5.41) is 21.4. The van der Waals surface area contributed by atoms with Crippen LogP contribution in [0.1, 0.15) is 129 Å². The molecule has 8 atom stereocenters. The van der Waals surface area contributed by atoms with E-state index in [-0.39, 0.29) is 58.0 Å². The number of nitrogens with zero attached hydrogens (tertiary/aromatic N) is 2. The van der Waals surface area contributed by atoms with E-state index in [1.165, 1.54) is 16.7 Å². The summed E-state index contributed by atoms with van der Waals surface area (Å²) in [4.78, 5) is 141. The zero-order valence-corrected chi connectivity index (χ0v) is 42.3. The molecule has 25 nitrogen and oxygen atoms in total. The van der Waals surface area contributed by atoms with Gasteiger partial charge in [-0.3, -0.25) is 47.9 Å². The van der Waals surface area contributed by atoms with Gasteiger partial charge in [0.2, 0.25) is 59.1 Å². The predicted octanol–water partition coefficient (Wildman–Crippen LogP) is -4.21. The lowest BCUT2D eigenvalue weighted by atomic mass is 10.0. The van der Waals surface area contributed by atoms with E-state index in [2.05, 4.69) is 42.5 Å². The predicted molar refractivity (Wildman–Crippen MR) is 267 cm³/mol. The van der Waals surface area contributed by atoms with Crippen LogP contribution < -0.4 is 71.2 Å². The van der Waals surface area contributed by atoms with E-state index in [1.54, 1.807) is 0 Å². The highest BCUT2D eigenvalue weighted by atomic mass is 16.2. The highest BCUT2D eigenvalue weighted by Gasteiger charge is 2.40. The number of fused-ring (bicyclic) bond motifs is 2. The highest BCUT2D eigenvalue weighted by Crippen LogP contribution is 2.22. The molecule has 25 heteroatoms. The summed E-state index contributed by atoms with van der Waals surface area (Å²) in [5.74, 6) is -6.50. The van der Waals surface area contributed by atoms with Crippen LogP contribution in [0.5, 0.6) is 0 Å². The van der Waals surface area contributed by atoms with Crippen LogP contribution in [0, 0.1) is 0 Å². The summed E-state index contributed by atoms with van der Waals surface area (Å²) in [7, 11) is 0. The van der Waals surface area contributed by atoms with Gasteiger partial charge < -0.3 is 81.0 Å². The van der Waals surface area contributed by atoms with Gasteiger partial charge in [0, 0.05) is 13.1 Å². The zero-order valence-electron chi connectivity index (χ0n) is 42.3. The van der Waals surface area contributed by atoms with Crippen molar-refractivity contribution in [2.75, 3.05) is 58.9 Å². The smallest absolute Gasteiger partial charge is 0.245 e. The van der Waals surface area contributed by atoms with Crippen molar-refractivity contribution in [1.82, 2.24) is 52.3 Å². The zero-order chi connectivity index (χ0) is 53.0. The van der Waals surface area contributed by atoms with Gasteiger partial charge in [0.05, 0.1) is 13.1 Å². The van der Waals surface area contributed by atoms with Crippen LogP contribution in [0.3, 0.4) is 0 Å². The van der Waals surface area contributed by atoms with Crippen molar-refractivity contribution in [3.63, 3.8) is 0 Å². The fraction of sp³-hybridized carbons (Fsp3) is 0.787. The maximum Gasteiger partial charge on any atom is 0.245 e. The molecule has 72 heavy (non-hydrogen) atoms. The average Bonchev–Trinajstić information content (AvgIpc) is 4.07. The Hall–Kier alpha value is -5.50. The Morgan fingerprint density at radius 2 is 0.694 bits per heavy atom. The van der Waals surface area contributed by atoms with E-state index in [1.807, 2.05) is 0 Å². The summed E-state index contributed by atoms with van der Waals surface area (Å²) in [6, 6.07) is -8.86. The number of unbranched alkanes of at least 4 members (excludes halogenated alkanes) is 5. The molecule has 3 saturated heterocycles. The van der Waals surface area contributed by atoms with E-state index in [9.17, 15) is 47.9 Å². The van der Waals surface area contributed by atoms with Crippen molar-refractivity contribution < 1.29 is 47.9 Å². The number of carbonyl (C=O) groups is 10. The molecule has 0 saturated carbocycles. The maximum absolute atomic E-state index is 14.3. The lowest BCUT2D eigenvalue weighted by molar-refractivity contribution is -0.142. The van der Waals surface area contributed by atoms with Gasteiger partial charge in [-0.1, -0.05) is 0 Å². The number of nitrogens with one attached hydrogen (secondary N) is 8. The molecule has 0 unspecified atom stereocenters. The first-order valence-electron chi connectivity index (χ1n) is 26.1. The Morgan fingerprint density at radius 1 is 0.389 bits per heavy atom. The van der Waals surface area contributed by atoms with Crippen LogP contribution >= 0.6 is 0 Å². The van der Waals surface area contributed by atoms with Crippen LogP contribution in [-0.4, -0.2) is 176 Å². The minimum Gasteiger partial charge on any atom is -0.345 e. The Labute approximate surface area is 423 Å². The first-order valence-corrected chi connectivity index (χ1v) is 26.1. The normalized spacial score (nSPS) is 26.3. The summed E-state index contributed by atoms with van der Waals surface area (Å²) in [5.41, 5.74) is 28.7. The summed E-state index contributed by atoms with van der Waals surface area (Å²) < 4.78 is 0. The molecule has 3 rings (SSSR count). The molecule has 0 aromatic rings. The molecular weight excluding hydrogens is 935 g/mol. The number of amides is 10. The van der Waals surface area contributed by atoms with Gasteiger partial charge in [0.1, 0.15) is 48.3 Å². The number of carbonyl (C=O) groups excluding carboxylic acids is 10. The molecule has 10 amide bonds. The van der Waals surface area contributed by atoms with Gasteiger partial charge in [-0.05, 0) is 162 Å². The molecule has 0 aromatic carbocycles. The van der Waals surface area contributed by atoms with Crippen LogP contribution in [-0.2, 0) is 47.9 Å². The van der Waals surface area contributed by atoms with E-state index < -0.39 is 120 Å². The molecule has 0 radical (unpaired) electrons. The lowest BCUT2D eigenvalue weighted by Gasteiger charge is -2.30. The molecule has 0 spiro atoms. The Kier molecular flexibility index (Phi) is 28.1.